The van der Waals surface area contributed by atoms with Crippen molar-refractivity contribution in [3.8, 4) is 5.75 Å². The first-order valence-corrected chi connectivity index (χ1v) is 13.5. The lowest BCUT2D eigenvalue weighted by molar-refractivity contribution is 0.276. The number of oxime groups is 1. The first-order valence-electron chi connectivity index (χ1n) is 12.4. The fourth-order valence-corrected chi connectivity index (χ4v) is 5.04. The molecule has 2 aromatic heterocycles. The molecule has 6 rings (SSSR count). The van der Waals surface area contributed by atoms with Gasteiger partial charge in [0.15, 0.2) is 17.2 Å². The second-order valence-electron chi connectivity index (χ2n) is 8.92. The average molecular weight is 602 g/mol. The van der Waals surface area contributed by atoms with E-state index in [4.69, 9.17) is 44.3 Å². The lowest BCUT2D eigenvalue weighted by atomic mass is 9.93. The van der Waals surface area contributed by atoms with Crippen LogP contribution in [0.4, 0.5) is 0 Å². The van der Waals surface area contributed by atoms with E-state index in [-0.39, 0.29) is 12.3 Å². The van der Waals surface area contributed by atoms with Crippen molar-refractivity contribution in [2.45, 2.75) is 6.61 Å². The largest absolute Gasteiger partial charge is 0.488 e. The van der Waals surface area contributed by atoms with E-state index >= 15 is 0 Å². The zero-order valence-corrected chi connectivity index (χ0v) is 23.4. The molecule has 0 aliphatic carbocycles. The number of pyridine rings is 1. The molecule has 1 saturated heterocycles. The van der Waals surface area contributed by atoms with E-state index in [0.717, 1.165) is 5.56 Å². The van der Waals surface area contributed by atoms with Gasteiger partial charge in [0, 0.05) is 43.9 Å². The van der Waals surface area contributed by atoms with Crippen LogP contribution in [0.15, 0.2) is 108 Å². The van der Waals surface area contributed by atoms with E-state index in [1.54, 1.807) is 36.5 Å². The Bertz CT molecular complexity index is 1870. The fraction of sp³-hybridized carbons (Fsp3) is 0.0323. The van der Waals surface area contributed by atoms with Crippen LogP contribution in [0, 0.1) is 0 Å². The molecule has 3 aromatic carbocycles. The monoisotopic (exact) mass is 600 g/mol. The zero-order valence-electron chi connectivity index (χ0n) is 21.1. The minimum atomic E-state index is 0.179. The Morgan fingerprint density at radius 2 is 1.71 bits per heavy atom. The van der Waals surface area contributed by atoms with E-state index in [1.165, 1.54) is 6.33 Å². The van der Waals surface area contributed by atoms with Crippen LogP contribution in [0.5, 0.6) is 5.75 Å². The summed E-state index contributed by atoms with van der Waals surface area (Å²) < 4.78 is 12.5. The van der Waals surface area contributed by atoms with Gasteiger partial charge in [0.1, 0.15) is 18.7 Å². The maximum absolute atomic E-state index is 10.1. The Morgan fingerprint density at radius 3 is 2.51 bits per heavy atom. The summed E-state index contributed by atoms with van der Waals surface area (Å²) in [5, 5.41) is 15.9. The summed E-state index contributed by atoms with van der Waals surface area (Å²) in [6.45, 7) is 0.179. The van der Waals surface area contributed by atoms with Crippen molar-refractivity contribution >= 4 is 63.1 Å². The molecule has 0 unspecified atom stereocenters. The van der Waals surface area contributed by atoms with Crippen LogP contribution >= 0.6 is 34.8 Å². The van der Waals surface area contributed by atoms with Gasteiger partial charge in [-0.05, 0) is 48.5 Å². The molecule has 10 heteroatoms. The smallest absolute Gasteiger partial charge is 0.188 e. The number of hydrogen-bond donors (Lipinski definition) is 1. The standard InChI is InChI=1S/C31H19Cl3N4O3/c32-19-10-11-25-23(13-19)29(37-17-36-25)28(31-30(38-39)27(41-31)15-21-5-3-4-12-35-21)22-6-1-2-7-26(22)40-16-18-8-9-20(33)14-24(18)34/h1-15,17,39H,16H2/b27-15-,31-28-,38-30+. The molecule has 3 heterocycles. The number of ether oxygens (including phenoxy) is 2. The van der Waals surface area contributed by atoms with Crippen LogP contribution in [0.3, 0.4) is 0 Å². The summed E-state index contributed by atoms with van der Waals surface area (Å²) in [5.74, 6) is 1.18. The molecular weight excluding hydrogens is 583 g/mol. The Morgan fingerprint density at radius 1 is 0.902 bits per heavy atom. The van der Waals surface area contributed by atoms with Gasteiger partial charge >= 0.3 is 0 Å². The van der Waals surface area contributed by atoms with Crippen LogP contribution in [-0.4, -0.2) is 25.9 Å². The Balaban J connectivity index is 1.51. The molecule has 1 fully saturated rings. The summed E-state index contributed by atoms with van der Waals surface area (Å²) in [6, 6.07) is 23.5. The normalized spacial score (nSPS) is 16.0. The van der Waals surface area contributed by atoms with Gasteiger partial charge in [0.2, 0.25) is 0 Å². The molecule has 1 aliphatic rings. The third-order valence-corrected chi connectivity index (χ3v) is 7.17. The molecule has 202 valence electrons. The molecule has 41 heavy (non-hydrogen) atoms. The summed E-state index contributed by atoms with van der Waals surface area (Å²) in [4.78, 5) is 13.3. The average Bonchev–Trinajstić information content (AvgIpc) is 2.97. The number of para-hydroxylation sites is 1. The predicted molar refractivity (Wildman–Crippen MR) is 160 cm³/mol. The molecule has 7 nitrogen and oxygen atoms in total. The van der Waals surface area contributed by atoms with Gasteiger partial charge in [-0.3, -0.25) is 4.98 Å². The van der Waals surface area contributed by atoms with Crippen molar-refractivity contribution < 1.29 is 14.7 Å². The van der Waals surface area contributed by atoms with E-state index in [0.29, 0.717) is 65.8 Å². The van der Waals surface area contributed by atoms with Gasteiger partial charge in [0.25, 0.3) is 0 Å². The summed E-state index contributed by atoms with van der Waals surface area (Å²) in [6.07, 6.45) is 4.82. The topological polar surface area (TPSA) is 89.7 Å². The summed E-state index contributed by atoms with van der Waals surface area (Å²) >= 11 is 18.9. The highest BCUT2D eigenvalue weighted by Crippen LogP contribution is 2.42. The molecule has 0 radical (unpaired) electrons. The number of nitrogens with zero attached hydrogens (tertiary/aromatic N) is 4. The molecule has 0 atom stereocenters. The van der Waals surface area contributed by atoms with Crippen LogP contribution in [0.1, 0.15) is 22.5 Å². The second kappa shape index (κ2) is 11.6. The van der Waals surface area contributed by atoms with Gasteiger partial charge in [-0.2, -0.15) is 0 Å². The number of fused-ring (bicyclic) bond motifs is 1. The lowest BCUT2D eigenvalue weighted by Gasteiger charge is -2.28. The first kappa shape index (κ1) is 26.8. The third kappa shape index (κ3) is 5.47. The van der Waals surface area contributed by atoms with Gasteiger partial charge in [-0.1, -0.05) is 70.3 Å². The Kier molecular flexibility index (Phi) is 7.57. The Labute approximate surface area is 250 Å². The van der Waals surface area contributed by atoms with Gasteiger partial charge in [0.05, 0.1) is 22.5 Å². The highest BCUT2D eigenvalue weighted by molar-refractivity contribution is 6.35. The van der Waals surface area contributed by atoms with Crippen molar-refractivity contribution in [1.82, 2.24) is 15.0 Å². The Hall–Kier alpha value is -4.43. The molecule has 1 aliphatic heterocycles. The van der Waals surface area contributed by atoms with E-state index in [9.17, 15) is 5.21 Å². The maximum Gasteiger partial charge on any atom is 0.188 e. The highest BCUT2D eigenvalue weighted by Gasteiger charge is 2.36. The molecule has 0 saturated carbocycles. The van der Waals surface area contributed by atoms with Crippen molar-refractivity contribution in [3.63, 3.8) is 0 Å². The second-order valence-corrected chi connectivity index (χ2v) is 10.2. The SMILES string of the molecule is O/N=C1C(=C\c2ccccn2)\OC\1=C(\c1ccccc1OCc1ccc(Cl)cc1Cl)c1ncnc2ccc(Cl)cc12. The number of rotatable bonds is 6. The number of benzene rings is 3. The number of aromatic nitrogens is 3. The maximum atomic E-state index is 10.1. The first-order chi connectivity index (χ1) is 20.0. The molecule has 5 aromatic rings. The van der Waals surface area contributed by atoms with Gasteiger partial charge < -0.3 is 14.7 Å². The lowest BCUT2D eigenvalue weighted by Crippen LogP contribution is -2.25. The van der Waals surface area contributed by atoms with Crippen molar-refractivity contribution in [1.29, 1.82) is 0 Å². The molecule has 0 amide bonds. The van der Waals surface area contributed by atoms with Crippen LogP contribution in [-0.2, 0) is 11.3 Å². The number of halogens is 3. The van der Waals surface area contributed by atoms with Gasteiger partial charge in [-0.25, -0.2) is 9.97 Å². The molecule has 0 bridgehead atoms. The third-order valence-electron chi connectivity index (χ3n) is 6.34. The van der Waals surface area contributed by atoms with Crippen LogP contribution in [0.25, 0.3) is 22.6 Å². The molecular formula is C31H19Cl3N4O3. The summed E-state index contributed by atoms with van der Waals surface area (Å²) in [7, 11) is 0. The predicted octanol–water partition coefficient (Wildman–Crippen LogP) is 8.22. The van der Waals surface area contributed by atoms with Crippen molar-refractivity contribution in [2.24, 2.45) is 5.16 Å². The zero-order chi connectivity index (χ0) is 28.3. The van der Waals surface area contributed by atoms with Crippen LogP contribution in [0.2, 0.25) is 15.1 Å². The quantitative estimate of drug-likeness (QED) is 0.156. The van der Waals surface area contributed by atoms with E-state index in [1.807, 2.05) is 54.6 Å². The van der Waals surface area contributed by atoms with Crippen molar-refractivity contribution in [3.05, 3.63) is 140 Å². The number of hydrogen-bond acceptors (Lipinski definition) is 7. The highest BCUT2D eigenvalue weighted by atomic mass is 35.5. The van der Waals surface area contributed by atoms with E-state index < -0.39 is 0 Å². The fourth-order valence-electron chi connectivity index (χ4n) is 4.41. The molecule has 0 spiro atoms. The minimum absolute atomic E-state index is 0.179. The van der Waals surface area contributed by atoms with E-state index in [2.05, 4.69) is 20.1 Å². The van der Waals surface area contributed by atoms with Gasteiger partial charge in [-0.15, -0.1) is 0 Å². The van der Waals surface area contributed by atoms with Crippen molar-refractivity contribution in [2.75, 3.05) is 0 Å². The van der Waals surface area contributed by atoms with Crippen LogP contribution < -0.4 is 4.74 Å². The minimum Gasteiger partial charge on any atom is -0.488 e. The summed E-state index contributed by atoms with van der Waals surface area (Å²) in [5.41, 5.74) is 4.01. The molecule has 1 N–H and O–H groups in total.